The molecule has 0 radical (unpaired) electrons. The van der Waals surface area contributed by atoms with Crippen LogP contribution in [0.15, 0.2) is 57.7 Å². The zero-order valence-electron chi connectivity index (χ0n) is 15.3. The van der Waals surface area contributed by atoms with Gasteiger partial charge in [-0.2, -0.15) is 0 Å². The van der Waals surface area contributed by atoms with Crippen molar-refractivity contribution in [3.8, 4) is 5.75 Å². The van der Waals surface area contributed by atoms with Crippen molar-refractivity contribution in [1.82, 2.24) is 5.32 Å². The summed E-state index contributed by atoms with van der Waals surface area (Å²) < 4.78 is 11.4. The minimum atomic E-state index is -0.741. The summed E-state index contributed by atoms with van der Waals surface area (Å²) in [5.74, 6) is -0.464. The number of fused-ring (bicyclic) bond motifs is 1. The molecule has 0 spiro atoms. The first kappa shape index (κ1) is 20.1. The van der Waals surface area contributed by atoms with E-state index >= 15 is 0 Å². The molecule has 1 aromatic heterocycles. The van der Waals surface area contributed by atoms with E-state index in [1.807, 2.05) is 26.0 Å². The van der Waals surface area contributed by atoms with Gasteiger partial charge in [-0.05, 0) is 58.8 Å². The van der Waals surface area contributed by atoms with Crippen LogP contribution in [0.3, 0.4) is 0 Å². The van der Waals surface area contributed by atoms with Gasteiger partial charge in [-0.1, -0.05) is 26.0 Å². The van der Waals surface area contributed by atoms with E-state index < -0.39 is 17.5 Å². The predicted molar refractivity (Wildman–Crippen MR) is 114 cm³/mol. The molecular formula is C21H18INO5. The smallest absolute Gasteiger partial charge is 0.349 e. The summed E-state index contributed by atoms with van der Waals surface area (Å²) in [5.41, 5.74) is -0.119. The third-order valence-electron chi connectivity index (χ3n) is 3.93. The minimum Gasteiger partial charge on any atom is -0.423 e. The molecule has 0 fully saturated rings. The van der Waals surface area contributed by atoms with Crippen LogP contribution in [-0.4, -0.2) is 18.4 Å². The van der Waals surface area contributed by atoms with Gasteiger partial charge in [0.05, 0.1) is 5.56 Å². The highest BCUT2D eigenvalue weighted by molar-refractivity contribution is 14.1. The monoisotopic (exact) mass is 491 g/mol. The molecule has 0 saturated heterocycles. The van der Waals surface area contributed by atoms with E-state index in [1.165, 1.54) is 12.1 Å². The molecule has 0 unspecified atom stereocenters. The SMILES string of the molecule is CC(C)CNC(=O)c1cc2ccc(OC(=O)c3ccccc3I)cc2oc1=O. The van der Waals surface area contributed by atoms with Gasteiger partial charge < -0.3 is 14.5 Å². The van der Waals surface area contributed by atoms with Crippen LogP contribution < -0.4 is 15.7 Å². The van der Waals surface area contributed by atoms with Gasteiger partial charge in [0.25, 0.3) is 5.91 Å². The quantitative estimate of drug-likeness (QED) is 0.253. The van der Waals surface area contributed by atoms with Gasteiger partial charge in [0.1, 0.15) is 16.9 Å². The Labute approximate surface area is 175 Å². The third kappa shape index (κ3) is 4.59. The standard InChI is InChI=1S/C21H18INO5/c1-12(2)11-23-19(24)16-9-13-7-8-14(10-18(13)28-21(16)26)27-20(25)15-5-3-4-6-17(15)22/h3-10,12H,11H2,1-2H3,(H,23,24). The van der Waals surface area contributed by atoms with Gasteiger partial charge in [0.2, 0.25) is 0 Å². The molecule has 3 aromatic rings. The number of nitrogens with one attached hydrogen (secondary N) is 1. The number of halogens is 1. The number of ether oxygens (including phenoxy) is 1. The van der Waals surface area contributed by atoms with Crippen molar-refractivity contribution in [1.29, 1.82) is 0 Å². The van der Waals surface area contributed by atoms with Crippen molar-refractivity contribution < 1.29 is 18.7 Å². The van der Waals surface area contributed by atoms with E-state index in [0.717, 1.165) is 3.57 Å². The Bertz CT molecular complexity index is 1100. The molecule has 144 valence electrons. The maximum atomic E-state index is 12.3. The predicted octanol–water partition coefficient (Wildman–Crippen LogP) is 4.00. The van der Waals surface area contributed by atoms with E-state index in [4.69, 9.17) is 9.15 Å². The summed E-state index contributed by atoms with van der Waals surface area (Å²) in [5, 5.41) is 3.25. The van der Waals surface area contributed by atoms with Gasteiger partial charge in [-0.25, -0.2) is 9.59 Å². The van der Waals surface area contributed by atoms with Crippen molar-refractivity contribution >= 4 is 45.4 Å². The largest absolute Gasteiger partial charge is 0.423 e. The number of carbonyl (C=O) groups is 2. The Kier molecular flexibility index (Phi) is 6.13. The fraction of sp³-hybridized carbons (Fsp3) is 0.190. The van der Waals surface area contributed by atoms with Crippen LogP contribution >= 0.6 is 22.6 Å². The topological polar surface area (TPSA) is 85.6 Å². The maximum absolute atomic E-state index is 12.3. The lowest BCUT2D eigenvalue weighted by atomic mass is 10.1. The lowest BCUT2D eigenvalue weighted by Crippen LogP contribution is -2.31. The highest BCUT2D eigenvalue weighted by atomic mass is 127. The number of rotatable bonds is 5. The molecule has 6 nitrogen and oxygen atoms in total. The summed E-state index contributed by atoms with van der Waals surface area (Å²) >= 11 is 2.06. The molecule has 0 bridgehead atoms. The fourth-order valence-electron chi connectivity index (χ4n) is 2.49. The zero-order chi connectivity index (χ0) is 20.3. The summed E-state index contributed by atoms with van der Waals surface area (Å²) in [6.07, 6.45) is 0. The van der Waals surface area contributed by atoms with Crippen molar-refractivity contribution in [2.75, 3.05) is 6.54 Å². The van der Waals surface area contributed by atoms with Crippen LogP contribution in [0.5, 0.6) is 5.75 Å². The van der Waals surface area contributed by atoms with E-state index in [2.05, 4.69) is 27.9 Å². The van der Waals surface area contributed by atoms with Crippen LogP contribution in [-0.2, 0) is 0 Å². The second kappa shape index (κ2) is 8.55. The normalized spacial score (nSPS) is 10.9. The van der Waals surface area contributed by atoms with Crippen LogP contribution in [0.25, 0.3) is 11.0 Å². The molecule has 0 aliphatic heterocycles. The van der Waals surface area contributed by atoms with Crippen LogP contribution in [0.2, 0.25) is 0 Å². The molecule has 1 N–H and O–H groups in total. The Morgan fingerprint density at radius 2 is 1.86 bits per heavy atom. The van der Waals surface area contributed by atoms with Crippen molar-refractivity contribution in [2.45, 2.75) is 13.8 Å². The number of carbonyl (C=O) groups excluding carboxylic acids is 2. The Morgan fingerprint density at radius 1 is 1.11 bits per heavy atom. The minimum absolute atomic E-state index is 0.0586. The zero-order valence-corrected chi connectivity index (χ0v) is 17.5. The highest BCUT2D eigenvalue weighted by Gasteiger charge is 2.16. The van der Waals surface area contributed by atoms with Gasteiger partial charge in [0, 0.05) is 21.6 Å². The summed E-state index contributed by atoms with van der Waals surface area (Å²) in [6, 6.07) is 13.2. The first-order chi connectivity index (χ1) is 13.3. The molecule has 28 heavy (non-hydrogen) atoms. The first-order valence-electron chi connectivity index (χ1n) is 8.68. The third-order valence-corrected chi connectivity index (χ3v) is 4.87. The second-order valence-electron chi connectivity index (χ2n) is 6.62. The van der Waals surface area contributed by atoms with Crippen LogP contribution in [0.1, 0.15) is 34.6 Å². The molecule has 7 heteroatoms. The van der Waals surface area contributed by atoms with E-state index in [-0.39, 0.29) is 22.8 Å². The Morgan fingerprint density at radius 3 is 2.57 bits per heavy atom. The Hall–Kier alpha value is -2.68. The fourth-order valence-corrected chi connectivity index (χ4v) is 3.10. The number of esters is 1. The summed E-state index contributed by atoms with van der Waals surface area (Å²) in [7, 11) is 0. The number of hydrogen-bond acceptors (Lipinski definition) is 5. The molecule has 1 amide bonds. The average Bonchev–Trinajstić information content (AvgIpc) is 2.65. The van der Waals surface area contributed by atoms with Crippen molar-refractivity contribution in [2.24, 2.45) is 5.92 Å². The lowest BCUT2D eigenvalue weighted by Gasteiger charge is -2.08. The molecule has 0 aliphatic carbocycles. The van der Waals surface area contributed by atoms with E-state index in [1.54, 1.807) is 24.3 Å². The molecule has 0 atom stereocenters. The second-order valence-corrected chi connectivity index (χ2v) is 7.78. The lowest BCUT2D eigenvalue weighted by molar-refractivity contribution is 0.0733. The number of amides is 1. The molecule has 1 heterocycles. The molecule has 2 aromatic carbocycles. The Balaban J connectivity index is 1.85. The number of benzene rings is 2. The number of hydrogen-bond donors (Lipinski definition) is 1. The van der Waals surface area contributed by atoms with Gasteiger partial charge in [0.15, 0.2) is 0 Å². The molecular weight excluding hydrogens is 473 g/mol. The van der Waals surface area contributed by atoms with Gasteiger partial charge >= 0.3 is 11.6 Å². The molecule has 0 aliphatic rings. The van der Waals surface area contributed by atoms with Gasteiger partial charge in [-0.15, -0.1) is 0 Å². The first-order valence-corrected chi connectivity index (χ1v) is 9.76. The van der Waals surface area contributed by atoms with Crippen LogP contribution in [0, 0.1) is 9.49 Å². The maximum Gasteiger partial charge on any atom is 0.349 e. The summed E-state index contributed by atoms with van der Waals surface area (Å²) in [6.45, 7) is 4.38. The van der Waals surface area contributed by atoms with Crippen molar-refractivity contribution in [3.05, 3.63) is 73.6 Å². The van der Waals surface area contributed by atoms with E-state index in [9.17, 15) is 14.4 Å². The summed E-state index contributed by atoms with van der Waals surface area (Å²) in [4.78, 5) is 36.7. The van der Waals surface area contributed by atoms with E-state index in [0.29, 0.717) is 17.5 Å². The molecule has 0 saturated carbocycles. The molecule has 3 rings (SSSR count). The average molecular weight is 491 g/mol. The van der Waals surface area contributed by atoms with Crippen molar-refractivity contribution in [3.63, 3.8) is 0 Å². The van der Waals surface area contributed by atoms with Crippen LogP contribution in [0.4, 0.5) is 0 Å². The highest BCUT2D eigenvalue weighted by Crippen LogP contribution is 2.22. The van der Waals surface area contributed by atoms with Gasteiger partial charge in [-0.3, -0.25) is 4.79 Å².